The van der Waals surface area contributed by atoms with Gasteiger partial charge in [-0.2, -0.15) is 11.8 Å². The highest BCUT2D eigenvalue weighted by Gasteiger charge is 2.45. The average molecular weight is 316 g/mol. The Labute approximate surface area is 129 Å². The van der Waals surface area contributed by atoms with Gasteiger partial charge in [0.25, 0.3) is 0 Å². The first-order chi connectivity index (χ1) is 9.94. The van der Waals surface area contributed by atoms with Crippen molar-refractivity contribution in [3.8, 4) is 0 Å². The zero-order valence-electron chi connectivity index (χ0n) is 13.0. The van der Waals surface area contributed by atoms with Crippen molar-refractivity contribution in [1.82, 2.24) is 0 Å². The maximum atomic E-state index is 13.7. The monoisotopic (exact) mass is 316 g/mol. The number of halogens is 2. The van der Waals surface area contributed by atoms with Crippen LogP contribution in [0.4, 0.5) is 8.78 Å². The average Bonchev–Trinajstić information content (AvgIpc) is 2.95. The summed E-state index contributed by atoms with van der Waals surface area (Å²) in [7, 11) is 1.33. The van der Waals surface area contributed by atoms with E-state index in [0.717, 1.165) is 18.9 Å². The van der Waals surface area contributed by atoms with Crippen LogP contribution in [0.15, 0.2) is 12.1 Å². The lowest BCUT2D eigenvalue weighted by Gasteiger charge is -2.28. The van der Waals surface area contributed by atoms with Gasteiger partial charge in [0.2, 0.25) is 0 Å². The Morgan fingerprint density at radius 3 is 2.24 bits per heavy atom. The number of methoxy groups -OCH3 is 1. The number of hydrogen-bond acceptors (Lipinski definition) is 3. The van der Waals surface area contributed by atoms with Gasteiger partial charge in [0.15, 0.2) is 11.6 Å². The second-order valence-electron chi connectivity index (χ2n) is 5.22. The predicted molar refractivity (Wildman–Crippen MR) is 82.7 cm³/mol. The fraction of sp³-hybridized carbons (Fsp3) is 0.562. The van der Waals surface area contributed by atoms with Gasteiger partial charge in [-0.25, -0.2) is 8.78 Å². The lowest BCUT2D eigenvalue weighted by atomic mass is 9.76. The number of rotatable bonds is 2. The third-order valence-corrected chi connectivity index (χ3v) is 3.89. The smallest absolute Gasteiger partial charge is 0.316 e. The summed E-state index contributed by atoms with van der Waals surface area (Å²) in [4.78, 5) is 12.0. The summed E-state index contributed by atoms with van der Waals surface area (Å²) >= 11 is 1.75. The molecular formula is C16H22F2O2S. The van der Waals surface area contributed by atoms with E-state index in [2.05, 4.69) is 0 Å². The quantitative estimate of drug-likeness (QED) is 0.764. The summed E-state index contributed by atoms with van der Waals surface area (Å²) in [6.07, 6.45) is 7.14. The molecule has 0 spiro atoms. The predicted octanol–water partition coefficient (Wildman–Crippen LogP) is 4.24. The molecule has 1 aliphatic rings. The van der Waals surface area contributed by atoms with Crippen molar-refractivity contribution in [2.24, 2.45) is 0 Å². The van der Waals surface area contributed by atoms with Gasteiger partial charge in [-0.05, 0) is 49.5 Å². The van der Waals surface area contributed by atoms with Crippen LogP contribution >= 0.6 is 11.8 Å². The van der Waals surface area contributed by atoms with E-state index in [1.807, 2.05) is 12.5 Å². The van der Waals surface area contributed by atoms with Crippen molar-refractivity contribution in [1.29, 1.82) is 0 Å². The zero-order chi connectivity index (χ0) is 16.0. The highest BCUT2D eigenvalue weighted by molar-refractivity contribution is 7.97. The highest BCUT2D eigenvalue weighted by atomic mass is 32.2. The second kappa shape index (κ2) is 7.78. The van der Waals surface area contributed by atoms with Crippen LogP contribution in [0, 0.1) is 18.6 Å². The Morgan fingerprint density at radius 2 is 1.76 bits per heavy atom. The van der Waals surface area contributed by atoms with E-state index < -0.39 is 17.0 Å². The third kappa shape index (κ3) is 3.57. The summed E-state index contributed by atoms with van der Waals surface area (Å²) in [5.74, 6) is -2.11. The molecule has 5 heteroatoms. The number of carbonyl (C=O) groups is 1. The fourth-order valence-corrected chi connectivity index (χ4v) is 2.93. The van der Waals surface area contributed by atoms with Crippen LogP contribution in [0.1, 0.15) is 36.8 Å². The summed E-state index contributed by atoms with van der Waals surface area (Å²) in [6.45, 7) is 1.51. The van der Waals surface area contributed by atoms with Crippen molar-refractivity contribution in [3.05, 3.63) is 34.9 Å². The molecule has 0 saturated heterocycles. The first-order valence-corrected chi connectivity index (χ1v) is 8.51. The summed E-state index contributed by atoms with van der Waals surface area (Å²) < 4.78 is 31.7. The topological polar surface area (TPSA) is 26.3 Å². The maximum absolute atomic E-state index is 13.7. The van der Waals surface area contributed by atoms with E-state index in [1.54, 1.807) is 11.8 Å². The zero-order valence-corrected chi connectivity index (χ0v) is 13.8. The van der Waals surface area contributed by atoms with Crippen LogP contribution in [0.5, 0.6) is 0 Å². The molecule has 2 nitrogen and oxygen atoms in total. The van der Waals surface area contributed by atoms with Crippen LogP contribution in [0.25, 0.3) is 0 Å². The molecule has 21 heavy (non-hydrogen) atoms. The molecule has 2 rings (SSSR count). The minimum absolute atomic E-state index is 0.210. The van der Waals surface area contributed by atoms with Crippen molar-refractivity contribution < 1.29 is 18.3 Å². The lowest BCUT2D eigenvalue weighted by molar-refractivity contribution is -0.147. The van der Waals surface area contributed by atoms with Gasteiger partial charge in [0.1, 0.15) is 0 Å². The van der Waals surface area contributed by atoms with Gasteiger partial charge >= 0.3 is 5.97 Å². The Balaban J connectivity index is 0.000000677. The molecule has 0 amide bonds. The van der Waals surface area contributed by atoms with Gasteiger partial charge in [-0.3, -0.25) is 4.79 Å². The van der Waals surface area contributed by atoms with E-state index in [4.69, 9.17) is 4.74 Å². The minimum Gasteiger partial charge on any atom is -0.468 e. The van der Waals surface area contributed by atoms with Gasteiger partial charge in [0, 0.05) is 0 Å². The largest absolute Gasteiger partial charge is 0.468 e. The van der Waals surface area contributed by atoms with Crippen molar-refractivity contribution in [2.75, 3.05) is 19.6 Å². The van der Waals surface area contributed by atoms with E-state index in [1.165, 1.54) is 20.1 Å². The SMILES string of the molecule is COC(=O)C1(c2ccc(F)c(F)c2C)CCCC1.CSC. The standard InChI is InChI=1S/C14H16F2O2.C2H6S/c1-9-10(5-6-11(15)12(9)16)14(13(17)18-2)7-3-4-8-14;1-3-2/h5-6H,3-4,7-8H2,1-2H3;1-2H3. The van der Waals surface area contributed by atoms with Crippen molar-refractivity contribution >= 4 is 17.7 Å². The Morgan fingerprint density at radius 1 is 1.24 bits per heavy atom. The molecule has 118 valence electrons. The molecule has 0 unspecified atom stereocenters. The lowest BCUT2D eigenvalue weighted by Crippen LogP contribution is -2.35. The van der Waals surface area contributed by atoms with Crippen molar-refractivity contribution in [3.63, 3.8) is 0 Å². The molecule has 0 heterocycles. The van der Waals surface area contributed by atoms with E-state index in [-0.39, 0.29) is 11.5 Å². The molecule has 1 aliphatic carbocycles. The number of ether oxygens (including phenoxy) is 1. The molecule has 1 aromatic carbocycles. The van der Waals surface area contributed by atoms with E-state index in [0.29, 0.717) is 18.4 Å². The summed E-state index contributed by atoms with van der Waals surface area (Å²) in [5.41, 5.74) is -0.0269. The Hall–Kier alpha value is -1.10. The minimum atomic E-state index is -0.880. The first-order valence-electron chi connectivity index (χ1n) is 6.88. The third-order valence-electron chi connectivity index (χ3n) is 3.89. The van der Waals surface area contributed by atoms with E-state index in [9.17, 15) is 13.6 Å². The van der Waals surface area contributed by atoms with Crippen LogP contribution in [0.2, 0.25) is 0 Å². The van der Waals surface area contributed by atoms with Crippen LogP contribution in [-0.2, 0) is 14.9 Å². The summed E-state index contributed by atoms with van der Waals surface area (Å²) in [6, 6.07) is 2.59. The number of thioether (sulfide) groups is 1. The molecule has 0 radical (unpaired) electrons. The van der Waals surface area contributed by atoms with Crippen molar-refractivity contribution in [2.45, 2.75) is 38.0 Å². The molecule has 1 aromatic rings. The molecule has 0 aliphatic heterocycles. The molecule has 0 bridgehead atoms. The number of carbonyl (C=O) groups excluding carboxylic acids is 1. The molecule has 1 saturated carbocycles. The van der Waals surface area contributed by atoms with Crippen LogP contribution in [0.3, 0.4) is 0 Å². The number of benzene rings is 1. The van der Waals surface area contributed by atoms with Gasteiger partial charge < -0.3 is 4.74 Å². The normalized spacial score (nSPS) is 16.1. The Kier molecular flexibility index (Phi) is 6.65. The summed E-state index contributed by atoms with van der Waals surface area (Å²) in [5, 5.41) is 0. The van der Waals surface area contributed by atoms with E-state index >= 15 is 0 Å². The van der Waals surface area contributed by atoms with Crippen LogP contribution in [-0.4, -0.2) is 25.6 Å². The second-order valence-corrected chi connectivity index (χ2v) is 6.04. The first kappa shape index (κ1) is 18.0. The molecule has 0 aromatic heterocycles. The number of hydrogen-bond donors (Lipinski definition) is 0. The highest BCUT2D eigenvalue weighted by Crippen LogP contribution is 2.43. The molecule has 0 N–H and O–H groups in total. The maximum Gasteiger partial charge on any atom is 0.316 e. The van der Waals surface area contributed by atoms with Gasteiger partial charge in [0.05, 0.1) is 12.5 Å². The van der Waals surface area contributed by atoms with Crippen LogP contribution < -0.4 is 0 Å². The Bertz CT molecular complexity index is 497. The number of esters is 1. The molecule has 1 fully saturated rings. The molecular weight excluding hydrogens is 294 g/mol. The fourth-order valence-electron chi connectivity index (χ4n) is 2.93. The molecule has 0 atom stereocenters. The van der Waals surface area contributed by atoms with Gasteiger partial charge in [-0.1, -0.05) is 18.9 Å². The van der Waals surface area contributed by atoms with Gasteiger partial charge in [-0.15, -0.1) is 0 Å².